The van der Waals surface area contributed by atoms with Gasteiger partial charge in [0, 0.05) is 26.2 Å². The summed E-state index contributed by atoms with van der Waals surface area (Å²) < 4.78 is 5.96. The summed E-state index contributed by atoms with van der Waals surface area (Å²) in [5.74, 6) is 0. The molecule has 2 atom stereocenters. The van der Waals surface area contributed by atoms with E-state index in [0.29, 0.717) is 5.69 Å². The first-order valence-electron chi connectivity index (χ1n) is 8.10. The third-order valence-electron chi connectivity index (χ3n) is 4.76. The van der Waals surface area contributed by atoms with E-state index < -0.39 is 0 Å². The second-order valence-electron chi connectivity index (χ2n) is 6.24. The highest BCUT2D eigenvalue weighted by molar-refractivity contribution is 6.33. The largest absolute Gasteiger partial charge is 0.373 e. The molecule has 24 heavy (non-hydrogen) atoms. The van der Waals surface area contributed by atoms with Crippen molar-refractivity contribution in [2.24, 2.45) is 0 Å². The van der Waals surface area contributed by atoms with Crippen LogP contribution in [0, 0.1) is 0 Å². The third kappa shape index (κ3) is 2.92. The number of nitrogens with one attached hydrogen (secondary N) is 1. The Morgan fingerprint density at radius 2 is 2.12 bits per heavy atom. The number of nitrogens with zero attached hydrogens (tertiary/aromatic N) is 3. The summed E-state index contributed by atoms with van der Waals surface area (Å²) in [6.07, 6.45) is 1.74. The van der Waals surface area contributed by atoms with E-state index in [0.717, 1.165) is 32.8 Å². The van der Waals surface area contributed by atoms with Gasteiger partial charge in [-0.2, -0.15) is 5.10 Å². The van der Waals surface area contributed by atoms with Crippen LogP contribution in [0.2, 0.25) is 5.02 Å². The van der Waals surface area contributed by atoms with Crippen molar-refractivity contribution < 1.29 is 4.74 Å². The summed E-state index contributed by atoms with van der Waals surface area (Å²) in [4.78, 5) is 16.3. The number of ether oxygens (including phenoxy) is 1. The van der Waals surface area contributed by atoms with Crippen LogP contribution < -0.4 is 10.5 Å². The number of rotatable bonds is 3. The first-order chi connectivity index (χ1) is 11.7. The molecule has 4 rings (SSSR count). The Labute approximate surface area is 145 Å². The van der Waals surface area contributed by atoms with Crippen molar-refractivity contribution in [1.82, 2.24) is 15.1 Å². The minimum absolute atomic E-state index is 0.123. The monoisotopic (exact) mass is 346 g/mol. The van der Waals surface area contributed by atoms with Gasteiger partial charge in [-0.3, -0.25) is 9.69 Å². The summed E-state index contributed by atoms with van der Waals surface area (Å²) in [5.41, 5.74) is 1.62. The maximum Gasteiger partial charge on any atom is 0.285 e. The Balaban J connectivity index is 1.54. The highest BCUT2D eigenvalue weighted by Gasteiger charge is 2.40. The molecule has 0 bridgehead atoms. The molecule has 126 valence electrons. The number of morpholine rings is 1. The number of aromatic nitrogens is 2. The lowest BCUT2D eigenvalue weighted by Gasteiger charge is -2.36. The van der Waals surface area contributed by atoms with E-state index in [2.05, 4.69) is 44.3 Å². The fraction of sp³-hybridized carbons (Fsp3) is 0.412. The number of H-pyrrole nitrogens is 1. The van der Waals surface area contributed by atoms with Crippen molar-refractivity contribution in [3.05, 3.63) is 57.5 Å². The van der Waals surface area contributed by atoms with Crippen LogP contribution >= 0.6 is 11.6 Å². The Hall–Kier alpha value is -1.89. The van der Waals surface area contributed by atoms with Crippen LogP contribution in [0.4, 0.5) is 5.69 Å². The number of hydrogen-bond acceptors (Lipinski definition) is 5. The van der Waals surface area contributed by atoms with E-state index in [1.54, 1.807) is 6.20 Å². The van der Waals surface area contributed by atoms with E-state index in [9.17, 15) is 4.79 Å². The van der Waals surface area contributed by atoms with E-state index in [-0.39, 0.29) is 22.7 Å². The Kier molecular flexibility index (Phi) is 4.26. The normalized spacial score (nSPS) is 24.1. The summed E-state index contributed by atoms with van der Waals surface area (Å²) in [7, 11) is 0. The summed E-state index contributed by atoms with van der Waals surface area (Å²) in [6.45, 7) is 4.04. The average molecular weight is 347 g/mol. The first kappa shape index (κ1) is 15.6. The zero-order valence-electron chi connectivity index (χ0n) is 13.2. The van der Waals surface area contributed by atoms with Crippen LogP contribution in [0.1, 0.15) is 5.56 Å². The van der Waals surface area contributed by atoms with Gasteiger partial charge in [-0.05, 0) is 5.56 Å². The molecule has 2 aliphatic heterocycles. The lowest BCUT2D eigenvalue weighted by atomic mass is 10.1. The molecular formula is C17H19ClN4O2. The molecule has 1 aromatic carbocycles. The fourth-order valence-corrected chi connectivity index (χ4v) is 3.77. The van der Waals surface area contributed by atoms with Gasteiger partial charge in [-0.15, -0.1) is 0 Å². The molecule has 0 radical (unpaired) electrons. The van der Waals surface area contributed by atoms with Crippen LogP contribution in [0.5, 0.6) is 0 Å². The molecule has 2 aliphatic rings. The van der Waals surface area contributed by atoms with E-state index in [4.69, 9.17) is 16.3 Å². The summed E-state index contributed by atoms with van der Waals surface area (Å²) >= 11 is 6.16. The molecule has 7 heteroatoms. The van der Waals surface area contributed by atoms with Gasteiger partial charge in [0.2, 0.25) is 0 Å². The minimum Gasteiger partial charge on any atom is -0.373 e. The van der Waals surface area contributed by atoms with E-state index >= 15 is 0 Å². The number of aromatic amines is 1. The van der Waals surface area contributed by atoms with Crippen molar-refractivity contribution in [3.8, 4) is 0 Å². The lowest BCUT2D eigenvalue weighted by molar-refractivity contribution is -0.0499. The molecule has 6 nitrogen and oxygen atoms in total. The van der Waals surface area contributed by atoms with Crippen molar-refractivity contribution in [3.63, 3.8) is 0 Å². The number of fused-ring (bicyclic) bond motifs is 1. The number of hydrogen-bond donors (Lipinski definition) is 1. The van der Waals surface area contributed by atoms with Gasteiger partial charge in [-0.25, -0.2) is 5.10 Å². The number of anilines is 1. The van der Waals surface area contributed by atoms with Crippen molar-refractivity contribution in [2.75, 3.05) is 31.1 Å². The maximum atomic E-state index is 11.7. The van der Waals surface area contributed by atoms with Gasteiger partial charge in [0.15, 0.2) is 0 Å². The topological polar surface area (TPSA) is 61.5 Å². The summed E-state index contributed by atoms with van der Waals surface area (Å²) in [6, 6.07) is 10.7. The molecule has 2 aromatic rings. The van der Waals surface area contributed by atoms with Gasteiger partial charge in [0.05, 0.1) is 30.6 Å². The Bertz CT molecular complexity index is 767. The Morgan fingerprint density at radius 3 is 2.96 bits per heavy atom. The lowest BCUT2D eigenvalue weighted by Crippen LogP contribution is -2.50. The predicted molar refractivity (Wildman–Crippen MR) is 92.5 cm³/mol. The second kappa shape index (κ2) is 6.55. The van der Waals surface area contributed by atoms with Crippen LogP contribution in [-0.4, -0.2) is 53.5 Å². The molecule has 2 unspecified atom stereocenters. The van der Waals surface area contributed by atoms with Crippen LogP contribution in [0.3, 0.4) is 0 Å². The zero-order chi connectivity index (χ0) is 16.5. The van der Waals surface area contributed by atoms with E-state index in [1.807, 2.05) is 6.07 Å². The molecule has 0 amide bonds. The first-order valence-corrected chi connectivity index (χ1v) is 8.48. The fourth-order valence-electron chi connectivity index (χ4n) is 3.56. The second-order valence-corrected chi connectivity index (χ2v) is 6.61. The smallest absolute Gasteiger partial charge is 0.285 e. The molecular weight excluding hydrogens is 328 g/mol. The SMILES string of the molecule is O=c1[nH]ncc(N2CC3OCCN(Cc4ccccc4)C3C2)c1Cl. The third-order valence-corrected chi connectivity index (χ3v) is 5.13. The maximum absolute atomic E-state index is 11.7. The molecule has 1 N–H and O–H groups in total. The van der Waals surface area contributed by atoms with Crippen molar-refractivity contribution in [2.45, 2.75) is 18.7 Å². The van der Waals surface area contributed by atoms with Crippen LogP contribution in [0.15, 0.2) is 41.3 Å². The van der Waals surface area contributed by atoms with Crippen LogP contribution in [0.25, 0.3) is 0 Å². The molecule has 2 fully saturated rings. The predicted octanol–water partition coefficient (Wildman–Crippen LogP) is 1.51. The van der Waals surface area contributed by atoms with Gasteiger partial charge < -0.3 is 9.64 Å². The van der Waals surface area contributed by atoms with Gasteiger partial charge in [0.1, 0.15) is 5.02 Å². The number of halogens is 1. The zero-order valence-corrected chi connectivity index (χ0v) is 13.9. The highest BCUT2D eigenvalue weighted by Crippen LogP contribution is 2.30. The Morgan fingerprint density at radius 1 is 1.29 bits per heavy atom. The average Bonchev–Trinajstić information content (AvgIpc) is 3.03. The highest BCUT2D eigenvalue weighted by atomic mass is 35.5. The molecule has 0 aliphatic carbocycles. The van der Waals surface area contributed by atoms with Gasteiger partial charge >= 0.3 is 0 Å². The molecule has 0 spiro atoms. The summed E-state index contributed by atoms with van der Waals surface area (Å²) in [5, 5.41) is 6.43. The quantitative estimate of drug-likeness (QED) is 0.913. The van der Waals surface area contributed by atoms with Crippen molar-refractivity contribution >= 4 is 17.3 Å². The molecule has 1 aromatic heterocycles. The molecule has 0 saturated carbocycles. The van der Waals surface area contributed by atoms with E-state index in [1.165, 1.54) is 5.56 Å². The number of benzene rings is 1. The molecule has 3 heterocycles. The standard InChI is InChI=1S/C17H19ClN4O2/c18-16-13(8-19-20-17(16)23)22-10-14-15(11-22)24-7-6-21(14)9-12-4-2-1-3-5-12/h1-5,8,14-15H,6-7,9-11H2,(H,20,23). The van der Waals surface area contributed by atoms with Gasteiger partial charge in [-0.1, -0.05) is 41.9 Å². The molecule has 2 saturated heterocycles. The minimum atomic E-state index is -0.355. The van der Waals surface area contributed by atoms with Gasteiger partial charge in [0.25, 0.3) is 5.56 Å². The van der Waals surface area contributed by atoms with Crippen LogP contribution in [-0.2, 0) is 11.3 Å². The van der Waals surface area contributed by atoms with Crippen molar-refractivity contribution in [1.29, 1.82) is 0 Å².